The second kappa shape index (κ2) is 5.75. The molecule has 0 aliphatic carbocycles. The van der Waals surface area contributed by atoms with Gasteiger partial charge < -0.3 is 0 Å². The number of halogens is 2. The third kappa shape index (κ3) is 3.25. The van der Waals surface area contributed by atoms with Crippen LogP contribution in [-0.4, -0.2) is 18.2 Å². The lowest BCUT2D eigenvalue weighted by Crippen LogP contribution is -2.24. The van der Waals surface area contributed by atoms with Crippen LogP contribution >= 0.6 is 11.6 Å². The number of hydrogen-bond acceptors (Lipinski definition) is 3. The van der Waals surface area contributed by atoms with Gasteiger partial charge in [0.25, 0.3) is 0 Å². The highest BCUT2D eigenvalue weighted by atomic mass is 35.5. The van der Waals surface area contributed by atoms with Crippen LogP contribution in [0.4, 0.5) is 4.39 Å². The normalized spacial score (nSPS) is 11.9. The summed E-state index contributed by atoms with van der Waals surface area (Å²) in [6.07, 6.45) is 0. The van der Waals surface area contributed by atoms with Crippen molar-refractivity contribution in [3.63, 3.8) is 0 Å². The molecule has 0 aliphatic heterocycles. The highest BCUT2D eigenvalue weighted by molar-refractivity contribution is 7.89. The maximum Gasteiger partial charge on any atom is 0.245 e. The third-order valence-electron chi connectivity index (χ3n) is 3.07. The van der Waals surface area contributed by atoms with Crippen LogP contribution in [-0.2, 0) is 23.6 Å². The Morgan fingerprint density at radius 3 is 2.57 bits per heavy atom. The summed E-state index contributed by atoms with van der Waals surface area (Å²) in [4.78, 5) is -0.0562. The van der Waals surface area contributed by atoms with Crippen molar-refractivity contribution >= 4 is 21.6 Å². The van der Waals surface area contributed by atoms with Crippen molar-refractivity contribution in [1.82, 2.24) is 14.5 Å². The van der Waals surface area contributed by atoms with E-state index in [0.717, 1.165) is 0 Å². The molecule has 0 amide bonds. The van der Waals surface area contributed by atoms with E-state index in [4.69, 9.17) is 11.6 Å². The molecule has 1 N–H and O–H groups in total. The SMILES string of the molecule is Cc1ccc(CNS(=O)(=O)c2c(C)nn(C)c2Cl)cc1F. The minimum absolute atomic E-state index is 0.0236. The summed E-state index contributed by atoms with van der Waals surface area (Å²) in [5.41, 5.74) is 1.34. The van der Waals surface area contributed by atoms with Crippen LogP contribution in [0.5, 0.6) is 0 Å². The molecular weight excluding hydrogens is 317 g/mol. The van der Waals surface area contributed by atoms with Gasteiger partial charge in [-0.05, 0) is 31.0 Å². The predicted molar refractivity (Wildman–Crippen MR) is 78.1 cm³/mol. The lowest BCUT2D eigenvalue weighted by Gasteiger charge is -2.07. The summed E-state index contributed by atoms with van der Waals surface area (Å²) in [7, 11) is -2.25. The maximum absolute atomic E-state index is 13.4. The van der Waals surface area contributed by atoms with Crippen molar-refractivity contribution < 1.29 is 12.8 Å². The van der Waals surface area contributed by atoms with Crippen LogP contribution < -0.4 is 4.72 Å². The van der Waals surface area contributed by atoms with E-state index in [9.17, 15) is 12.8 Å². The quantitative estimate of drug-likeness (QED) is 0.935. The summed E-state index contributed by atoms with van der Waals surface area (Å²) in [6, 6.07) is 4.56. The number of aromatic nitrogens is 2. The van der Waals surface area contributed by atoms with Gasteiger partial charge in [0.15, 0.2) is 0 Å². The number of rotatable bonds is 4. The zero-order chi connectivity index (χ0) is 15.8. The molecule has 0 unspecified atom stereocenters. The van der Waals surface area contributed by atoms with Gasteiger partial charge in [0.05, 0.1) is 5.69 Å². The van der Waals surface area contributed by atoms with E-state index < -0.39 is 10.0 Å². The third-order valence-corrected chi connectivity index (χ3v) is 5.17. The van der Waals surface area contributed by atoms with Crippen molar-refractivity contribution in [3.05, 3.63) is 46.0 Å². The van der Waals surface area contributed by atoms with Gasteiger partial charge in [0.2, 0.25) is 10.0 Å². The lowest BCUT2D eigenvalue weighted by atomic mass is 10.1. The molecule has 0 radical (unpaired) electrons. The van der Waals surface area contributed by atoms with Crippen molar-refractivity contribution in [3.8, 4) is 0 Å². The molecule has 1 aromatic heterocycles. The molecule has 21 heavy (non-hydrogen) atoms. The molecule has 114 valence electrons. The first-order valence-electron chi connectivity index (χ1n) is 6.16. The topological polar surface area (TPSA) is 64.0 Å². The molecule has 1 heterocycles. The number of nitrogens with one attached hydrogen (secondary N) is 1. The molecule has 0 fully saturated rings. The van der Waals surface area contributed by atoms with Gasteiger partial charge in [0, 0.05) is 13.6 Å². The Kier molecular flexibility index (Phi) is 4.36. The van der Waals surface area contributed by atoms with Gasteiger partial charge >= 0.3 is 0 Å². The number of sulfonamides is 1. The van der Waals surface area contributed by atoms with Crippen molar-refractivity contribution in [2.75, 3.05) is 0 Å². The lowest BCUT2D eigenvalue weighted by molar-refractivity contribution is 0.579. The minimum Gasteiger partial charge on any atom is -0.255 e. The van der Waals surface area contributed by atoms with Crippen molar-refractivity contribution in [1.29, 1.82) is 0 Å². The number of hydrogen-bond donors (Lipinski definition) is 1. The standard InChI is InChI=1S/C13H15ClFN3O2S/c1-8-4-5-10(6-11(8)15)7-16-21(19,20)12-9(2)17-18(3)13(12)14/h4-6,16H,7H2,1-3H3. The number of nitrogens with zero attached hydrogens (tertiary/aromatic N) is 2. The average molecular weight is 332 g/mol. The van der Waals surface area contributed by atoms with E-state index in [2.05, 4.69) is 9.82 Å². The van der Waals surface area contributed by atoms with Crippen LogP contribution in [0, 0.1) is 19.7 Å². The van der Waals surface area contributed by atoms with Crippen LogP contribution in [0.15, 0.2) is 23.1 Å². The van der Waals surface area contributed by atoms with Gasteiger partial charge in [-0.2, -0.15) is 5.10 Å². The van der Waals surface area contributed by atoms with Crippen molar-refractivity contribution in [2.24, 2.45) is 7.05 Å². The molecular formula is C13H15ClFN3O2S. The molecule has 2 rings (SSSR count). The first-order valence-corrected chi connectivity index (χ1v) is 8.02. The largest absolute Gasteiger partial charge is 0.255 e. The smallest absolute Gasteiger partial charge is 0.245 e. The van der Waals surface area contributed by atoms with Crippen LogP contribution in [0.1, 0.15) is 16.8 Å². The molecule has 0 atom stereocenters. The Bertz CT molecular complexity index is 787. The van der Waals surface area contributed by atoms with E-state index in [1.165, 1.54) is 10.7 Å². The Morgan fingerprint density at radius 2 is 2.05 bits per heavy atom. The van der Waals surface area contributed by atoms with E-state index in [1.807, 2.05) is 0 Å². The Balaban J connectivity index is 2.24. The Morgan fingerprint density at radius 1 is 1.38 bits per heavy atom. The predicted octanol–water partition coefficient (Wildman–Crippen LogP) is 2.31. The fourth-order valence-corrected chi connectivity index (χ4v) is 3.68. The highest BCUT2D eigenvalue weighted by Gasteiger charge is 2.24. The summed E-state index contributed by atoms with van der Waals surface area (Å²) in [5.74, 6) is -0.373. The molecule has 1 aromatic carbocycles. The molecule has 0 spiro atoms. The zero-order valence-electron chi connectivity index (χ0n) is 11.8. The molecule has 8 heteroatoms. The van der Waals surface area contributed by atoms with E-state index in [0.29, 0.717) is 16.8 Å². The monoisotopic (exact) mass is 331 g/mol. The molecule has 2 aromatic rings. The molecule has 0 bridgehead atoms. The van der Waals surface area contributed by atoms with Crippen molar-refractivity contribution in [2.45, 2.75) is 25.3 Å². The Hall–Kier alpha value is -1.44. The summed E-state index contributed by atoms with van der Waals surface area (Å²) in [6.45, 7) is 3.18. The number of benzene rings is 1. The first kappa shape index (κ1) is 15.9. The fourth-order valence-electron chi connectivity index (χ4n) is 1.91. The maximum atomic E-state index is 13.4. The number of aryl methyl sites for hydroxylation is 3. The average Bonchev–Trinajstić information content (AvgIpc) is 2.65. The van der Waals surface area contributed by atoms with E-state index in [-0.39, 0.29) is 22.4 Å². The molecule has 0 saturated carbocycles. The fraction of sp³-hybridized carbons (Fsp3) is 0.308. The van der Waals surface area contributed by atoms with Gasteiger partial charge in [-0.15, -0.1) is 0 Å². The van der Waals surface area contributed by atoms with E-state index in [1.54, 1.807) is 33.0 Å². The van der Waals surface area contributed by atoms with Crippen LogP contribution in [0.2, 0.25) is 5.15 Å². The summed E-state index contributed by atoms with van der Waals surface area (Å²) < 4.78 is 41.7. The van der Waals surface area contributed by atoms with Crippen LogP contribution in [0.25, 0.3) is 0 Å². The van der Waals surface area contributed by atoms with Gasteiger partial charge in [-0.3, -0.25) is 4.68 Å². The first-order chi connectivity index (χ1) is 9.72. The highest BCUT2D eigenvalue weighted by Crippen LogP contribution is 2.24. The molecule has 5 nitrogen and oxygen atoms in total. The Labute approximate surface area is 127 Å². The van der Waals surface area contributed by atoms with E-state index >= 15 is 0 Å². The second-order valence-corrected chi connectivity index (χ2v) is 6.80. The van der Waals surface area contributed by atoms with Gasteiger partial charge in [-0.1, -0.05) is 23.7 Å². The van der Waals surface area contributed by atoms with Gasteiger partial charge in [0.1, 0.15) is 15.9 Å². The molecule has 0 aliphatic rings. The minimum atomic E-state index is -3.81. The second-order valence-electron chi connectivity index (χ2n) is 4.74. The molecule has 0 saturated heterocycles. The summed E-state index contributed by atoms with van der Waals surface area (Å²) in [5, 5.41) is 4.00. The van der Waals surface area contributed by atoms with Crippen LogP contribution in [0.3, 0.4) is 0 Å². The van der Waals surface area contributed by atoms with Gasteiger partial charge in [-0.25, -0.2) is 17.5 Å². The summed E-state index contributed by atoms with van der Waals surface area (Å²) >= 11 is 5.95. The zero-order valence-corrected chi connectivity index (χ0v) is 13.4.